The van der Waals surface area contributed by atoms with Gasteiger partial charge in [0, 0.05) is 6.54 Å². The molecule has 2 amide bonds. The fourth-order valence-electron chi connectivity index (χ4n) is 1.74. The molecule has 1 saturated heterocycles. The molecule has 102 valence electrons. The van der Waals surface area contributed by atoms with Gasteiger partial charge in [-0.2, -0.15) is 0 Å². The molecule has 0 bridgehead atoms. The largest absolute Gasteiger partial charge is 0.479 e. The van der Waals surface area contributed by atoms with Gasteiger partial charge in [-0.3, -0.25) is 0 Å². The number of carbonyl (C=O) groups is 2. The molecule has 1 fully saturated rings. The lowest BCUT2D eigenvalue weighted by Crippen LogP contribution is -2.50. The standard InChI is InChI=1S/C12H13FN2O4/c13-8-3-1-2-4-9(8)14-12(18)15-5-6-19-10(7-15)11(16)17/h1-4,10H,5-7H2,(H,14,18)(H,16,17). The van der Waals surface area contributed by atoms with E-state index in [1.165, 1.54) is 23.1 Å². The van der Waals surface area contributed by atoms with E-state index in [2.05, 4.69) is 5.32 Å². The molecule has 1 aromatic rings. The summed E-state index contributed by atoms with van der Waals surface area (Å²) < 4.78 is 18.4. The summed E-state index contributed by atoms with van der Waals surface area (Å²) >= 11 is 0. The third kappa shape index (κ3) is 3.19. The van der Waals surface area contributed by atoms with E-state index in [4.69, 9.17) is 9.84 Å². The summed E-state index contributed by atoms with van der Waals surface area (Å²) in [5.41, 5.74) is 0.0610. The maximum atomic E-state index is 13.4. The van der Waals surface area contributed by atoms with Crippen molar-refractivity contribution in [2.45, 2.75) is 6.10 Å². The van der Waals surface area contributed by atoms with E-state index in [9.17, 15) is 14.0 Å². The minimum absolute atomic E-state index is 0.0599. The van der Waals surface area contributed by atoms with Crippen LogP contribution in [0.4, 0.5) is 14.9 Å². The number of hydrogen-bond acceptors (Lipinski definition) is 3. The molecule has 0 spiro atoms. The van der Waals surface area contributed by atoms with Gasteiger partial charge in [0.2, 0.25) is 0 Å². The number of aliphatic carboxylic acids is 1. The molecule has 2 rings (SSSR count). The zero-order chi connectivity index (χ0) is 13.8. The Bertz CT molecular complexity index is 494. The van der Waals surface area contributed by atoms with Crippen molar-refractivity contribution in [3.05, 3.63) is 30.1 Å². The Morgan fingerprint density at radius 1 is 1.42 bits per heavy atom. The number of amides is 2. The average Bonchev–Trinajstić information content (AvgIpc) is 2.41. The van der Waals surface area contributed by atoms with Crippen LogP contribution in [0, 0.1) is 5.82 Å². The summed E-state index contributed by atoms with van der Waals surface area (Å²) in [5, 5.41) is 11.2. The van der Waals surface area contributed by atoms with Crippen molar-refractivity contribution in [2.75, 3.05) is 25.0 Å². The fourth-order valence-corrected chi connectivity index (χ4v) is 1.74. The maximum Gasteiger partial charge on any atom is 0.334 e. The van der Waals surface area contributed by atoms with E-state index in [1.54, 1.807) is 6.07 Å². The predicted octanol–water partition coefficient (Wildman–Crippen LogP) is 1.14. The second-order valence-electron chi connectivity index (χ2n) is 4.05. The molecule has 0 aromatic heterocycles. The number of nitrogens with one attached hydrogen (secondary N) is 1. The van der Waals surface area contributed by atoms with Crippen molar-refractivity contribution < 1.29 is 23.8 Å². The van der Waals surface area contributed by atoms with Crippen LogP contribution in [0.1, 0.15) is 0 Å². The molecule has 1 unspecified atom stereocenters. The number of rotatable bonds is 2. The Hall–Kier alpha value is -2.15. The topological polar surface area (TPSA) is 78.9 Å². The highest BCUT2D eigenvalue weighted by molar-refractivity contribution is 5.90. The van der Waals surface area contributed by atoms with Gasteiger partial charge in [0.25, 0.3) is 0 Å². The number of halogens is 1. The number of carboxylic acids is 1. The quantitative estimate of drug-likeness (QED) is 0.843. The second-order valence-corrected chi connectivity index (χ2v) is 4.05. The molecular formula is C12H13FN2O4. The van der Waals surface area contributed by atoms with Crippen LogP contribution in [0.25, 0.3) is 0 Å². The van der Waals surface area contributed by atoms with Crippen molar-refractivity contribution in [3.63, 3.8) is 0 Å². The maximum absolute atomic E-state index is 13.4. The number of para-hydroxylation sites is 1. The van der Waals surface area contributed by atoms with Gasteiger partial charge in [0.05, 0.1) is 18.8 Å². The lowest BCUT2D eigenvalue weighted by atomic mass is 10.3. The predicted molar refractivity (Wildman–Crippen MR) is 64.4 cm³/mol. The first-order valence-electron chi connectivity index (χ1n) is 5.73. The van der Waals surface area contributed by atoms with Crippen molar-refractivity contribution in [1.82, 2.24) is 4.90 Å². The van der Waals surface area contributed by atoms with Crippen LogP contribution in [-0.2, 0) is 9.53 Å². The average molecular weight is 268 g/mol. The van der Waals surface area contributed by atoms with E-state index in [0.29, 0.717) is 0 Å². The summed E-state index contributed by atoms with van der Waals surface area (Å²) in [6.45, 7) is 0.349. The monoisotopic (exact) mass is 268 g/mol. The van der Waals surface area contributed by atoms with Crippen LogP contribution in [0.5, 0.6) is 0 Å². The summed E-state index contributed by atoms with van der Waals surface area (Å²) in [6, 6.07) is 5.23. The Balaban J connectivity index is 2.00. The van der Waals surface area contributed by atoms with Gasteiger partial charge in [-0.15, -0.1) is 0 Å². The van der Waals surface area contributed by atoms with Gasteiger partial charge < -0.3 is 20.1 Å². The molecule has 0 aliphatic carbocycles. The highest BCUT2D eigenvalue weighted by atomic mass is 19.1. The smallest absolute Gasteiger partial charge is 0.334 e. The zero-order valence-corrected chi connectivity index (χ0v) is 10.0. The van der Waals surface area contributed by atoms with Crippen molar-refractivity contribution >= 4 is 17.7 Å². The van der Waals surface area contributed by atoms with E-state index >= 15 is 0 Å². The summed E-state index contributed by atoms with van der Waals surface area (Å²) in [6.07, 6.45) is -1.04. The van der Waals surface area contributed by atoms with Gasteiger partial charge in [0.15, 0.2) is 6.10 Å². The van der Waals surface area contributed by atoms with Gasteiger partial charge in [-0.25, -0.2) is 14.0 Å². The zero-order valence-electron chi connectivity index (χ0n) is 10.0. The Morgan fingerprint density at radius 2 is 2.16 bits per heavy atom. The number of hydrogen-bond donors (Lipinski definition) is 2. The van der Waals surface area contributed by atoms with Gasteiger partial charge in [0.1, 0.15) is 5.82 Å². The van der Waals surface area contributed by atoms with Gasteiger partial charge >= 0.3 is 12.0 Å². The molecule has 1 heterocycles. The van der Waals surface area contributed by atoms with Crippen LogP contribution in [0.15, 0.2) is 24.3 Å². The Morgan fingerprint density at radius 3 is 2.84 bits per heavy atom. The van der Waals surface area contributed by atoms with Gasteiger partial charge in [-0.05, 0) is 12.1 Å². The van der Waals surface area contributed by atoms with E-state index < -0.39 is 23.9 Å². The molecular weight excluding hydrogens is 255 g/mol. The SMILES string of the molecule is O=C(O)C1CN(C(=O)Nc2ccccc2F)CCO1. The van der Waals surface area contributed by atoms with Crippen LogP contribution < -0.4 is 5.32 Å². The van der Waals surface area contributed by atoms with E-state index in [0.717, 1.165) is 0 Å². The molecule has 1 aliphatic rings. The minimum Gasteiger partial charge on any atom is -0.479 e. The number of ether oxygens (including phenoxy) is 1. The first kappa shape index (κ1) is 13.3. The number of morpholine rings is 1. The molecule has 6 nitrogen and oxygen atoms in total. The molecule has 2 N–H and O–H groups in total. The second kappa shape index (κ2) is 5.66. The molecule has 1 aliphatic heterocycles. The third-order valence-corrected chi connectivity index (χ3v) is 2.74. The lowest BCUT2D eigenvalue weighted by Gasteiger charge is -2.30. The first-order chi connectivity index (χ1) is 9.08. The van der Waals surface area contributed by atoms with E-state index in [-0.39, 0.29) is 25.4 Å². The first-order valence-corrected chi connectivity index (χ1v) is 5.73. The molecule has 19 heavy (non-hydrogen) atoms. The van der Waals surface area contributed by atoms with Crippen molar-refractivity contribution in [3.8, 4) is 0 Å². The lowest BCUT2D eigenvalue weighted by molar-refractivity contribution is -0.154. The molecule has 1 atom stereocenters. The van der Waals surface area contributed by atoms with Gasteiger partial charge in [-0.1, -0.05) is 12.1 Å². The highest BCUT2D eigenvalue weighted by Crippen LogP contribution is 2.14. The molecule has 0 radical (unpaired) electrons. The number of urea groups is 1. The normalized spacial score (nSPS) is 19.0. The molecule has 1 aromatic carbocycles. The minimum atomic E-state index is -1.12. The van der Waals surface area contributed by atoms with Crippen LogP contribution >= 0.6 is 0 Å². The number of carboxylic acid groups (broad SMARTS) is 1. The summed E-state index contributed by atoms with van der Waals surface area (Å²) in [7, 11) is 0. The van der Waals surface area contributed by atoms with Crippen LogP contribution in [-0.4, -0.2) is 47.8 Å². The van der Waals surface area contributed by atoms with Crippen LogP contribution in [0.2, 0.25) is 0 Å². The van der Waals surface area contributed by atoms with Crippen molar-refractivity contribution in [2.24, 2.45) is 0 Å². The number of anilines is 1. The Labute approximate surface area is 108 Å². The molecule has 0 saturated carbocycles. The number of nitrogens with zero attached hydrogens (tertiary/aromatic N) is 1. The summed E-state index contributed by atoms with van der Waals surface area (Å²) in [4.78, 5) is 24.0. The summed E-state index contributed by atoms with van der Waals surface area (Å²) in [5.74, 6) is -1.66. The van der Waals surface area contributed by atoms with Crippen molar-refractivity contribution in [1.29, 1.82) is 0 Å². The molecule has 7 heteroatoms. The number of carbonyl (C=O) groups excluding carboxylic acids is 1. The third-order valence-electron chi connectivity index (χ3n) is 2.74. The van der Waals surface area contributed by atoms with Crippen LogP contribution in [0.3, 0.4) is 0 Å². The van der Waals surface area contributed by atoms with E-state index in [1.807, 2.05) is 0 Å². The number of benzene rings is 1. The Kier molecular flexibility index (Phi) is 3.96. The fraction of sp³-hybridized carbons (Fsp3) is 0.333. The highest BCUT2D eigenvalue weighted by Gasteiger charge is 2.29.